The average molecular weight is 385 g/mol. The lowest BCUT2D eigenvalue weighted by molar-refractivity contribution is -0.141. The van der Waals surface area contributed by atoms with Crippen LogP contribution in [0.5, 0.6) is 5.75 Å². The van der Waals surface area contributed by atoms with E-state index in [9.17, 15) is 14.7 Å². The molecule has 6 nitrogen and oxygen atoms in total. The number of rotatable bonds is 10. The number of para-hydroxylation sites is 1. The van der Waals surface area contributed by atoms with Crippen LogP contribution in [-0.4, -0.2) is 44.4 Å². The van der Waals surface area contributed by atoms with Crippen LogP contribution in [0.4, 0.5) is 0 Å². The highest BCUT2D eigenvalue weighted by atomic mass is 16.5. The van der Waals surface area contributed by atoms with Gasteiger partial charge in [0.1, 0.15) is 5.75 Å². The second-order valence-electron chi connectivity index (χ2n) is 6.58. The van der Waals surface area contributed by atoms with Crippen LogP contribution in [0.15, 0.2) is 54.6 Å². The Morgan fingerprint density at radius 1 is 1.00 bits per heavy atom. The Hall–Kier alpha value is -2.86. The lowest BCUT2D eigenvalue weighted by atomic mass is 9.74. The normalized spacial score (nSPS) is 12.7. The predicted octanol–water partition coefficient (Wildman–Crippen LogP) is 2.70. The number of nitrogens with one attached hydrogen (secondary N) is 1. The minimum absolute atomic E-state index is 0.0689. The fraction of sp³-hybridized carbons (Fsp3) is 0.364. The largest absolute Gasteiger partial charge is 0.496 e. The van der Waals surface area contributed by atoms with E-state index in [4.69, 9.17) is 9.47 Å². The molecular weight excluding hydrogens is 358 g/mol. The van der Waals surface area contributed by atoms with E-state index in [1.165, 1.54) is 14.2 Å². The van der Waals surface area contributed by atoms with E-state index in [-0.39, 0.29) is 31.4 Å². The summed E-state index contributed by atoms with van der Waals surface area (Å²) < 4.78 is 10.0. The highest BCUT2D eigenvalue weighted by molar-refractivity contribution is 5.97. The van der Waals surface area contributed by atoms with Crippen molar-refractivity contribution in [2.75, 3.05) is 27.4 Å². The summed E-state index contributed by atoms with van der Waals surface area (Å²) in [4.78, 5) is 24.5. The first kappa shape index (κ1) is 21.4. The zero-order valence-electron chi connectivity index (χ0n) is 16.3. The van der Waals surface area contributed by atoms with Gasteiger partial charge in [0, 0.05) is 25.0 Å². The minimum Gasteiger partial charge on any atom is -0.496 e. The van der Waals surface area contributed by atoms with E-state index >= 15 is 0 Å². The van der Waals surface area contributed by atoms with Gasteiger partial charge in [0.25, 0.3) is 5.91 Å². The molecule has 2 aromatic rings. The van der Waals surface area contributed by atoms with Crippen LogP contribution in [0.2, 0.25) is 0 Å². The van der Waals surface area contributed by atoms with Gasteiger partial charge in [0.15, 0.2) is 0 Å². The molecule has 1 atom stereocenters. The first-order valence-corrected chi connectivity index (χ1v) is 9.21. The molecule has 0 saturated heterocycles. The van der Waals surface area contributed by atoms with Gasteiger partial charge in [0.2, 0.25) is 0 Å². The number of aliphatic hydroxyl groups excluding tert-OH is 1. The summed E-state index contributed by atoms with van der Waals surface area (Å²) >= 11 is 0. The number of carbonyl (C=O) groups excluding carboxylic acids is 2. The maximum Gasteiger partial charge on any atom is 0.305 e. The molecule has 0 aliphatic rings. The molecule has 0 bridgehead atoms. The molecule has 0 heterocycles. The van der Waals surface area contributed by atoms with Crippen molar-refractivity contribution in [1.29, 1.82) is 0 Å². The highest BCUT2D eigenvalue weighted by Crippen LogP contribution is 2.33. The minimum atomic E-state index is -0.595. The van der Waals surface area contributed by atoms with Crippen LogP contribution in [0.3, 0.4) is 0 Å². The number of benzene rings is 2. The van der Waals surface area contributed by atoms with Crippen molar-refractivity contribution in [2.24, 2.45) is 0 Å². The monoisotopic (exact) mass is 385 g/mol. The molecular formula is C22H27NO5. The van der Waals surface area contributed by atoms with Crippen LogP contribution in [0.25, 0.3) is 0 Å². The smallest absolute Gasteiger partial charge is 0.305 e. The first-order valence-electron chi connectivity index (χ1n) is 9.21. The number of carbonyl (C=O) groups is 2. The second kappa shape index (κ2) is 10.5. The number of methoxy groups -OCH3 is 2. The number of aliphatic hydroxyl groups is 1. The Bertz CT molecular complexity index is 778. The van der Waals surface area contributed by atoms with Gasteiger partial charge < -0.3 is 19.9 Å². The summed E-state index contributed by atoms with van der Waals surface area (Å²) in [7, 11) is 2.87. The zero-order valence-corrected chi connectivity index (χ0v) is 16.3. The van der Waals surface area contributed by atoms with E-state index in [0.717, 1.165) is 5.56 Å². The third-order valence-corrected chi connectivity index (χ3v) is 4.95. The average Bonchev–Trinajstić information content (AvgIpc) is 2.75. The van der Waals surface area contributed by atoms with Gasteiger partial charge in [-0.3, -0.25) is 9.59 Å². The predicted molar refractivity (Wildman–Crippen MR) is 106 cm³/mol. The van der Waals surface area contributed by atoms with E-state index in [2.05, 4.69) is 5.32 Å². The molecule has 28 heavy (non-hydrogen) atoms. The lowest BCUT2D eigenvalue weighted by Crippen LogP contribution is -2.42. The van der Waals surface area contributed by atoms with Crippen LogP contribution >= 0.6 is 0 Å². The van der Waals surface area contributed by atoms with Crippen molar-refractivity contribution in [3.63, 3.8) is 0 Å². The molecule has 0 aliphatic heterocycles. The Kier molecular flexibility index (Phi) is 8.02. The summed E-state index contributed by atoms with van der Waals surface area (Å²) in [6.45, 7) is 0.200. The SMILES string of the molecule is COC(=O)CCC(CCO)(CNC(=O)c1ccccc1OC)c1ccccc1. The maximum atomic E-state index is 12.8. The Morgan fingerprint density at radius 2 is 1.68 bits per heavy atom. The van der Waals surface area contributed by atoms with Gasteiger partial charge in [-0.1, -0.05) is 42.5 Å². The molecule has 0 aliphatic carbocycles. The van der Waals surface area contributed by atoms with E-state index < -0.39 is 5.41 Å². The van der Waals surface area contributed by atoms with Crippen LogP contribution in [0, 0.1) is 0 Å². The molecule has 2 rings (SSSR count). The summed E-state index contributed by atoms with van der Waals surface area (Å²) in [6, 6.07) is 16.6. The standard InChI is InChI=1S/C22H27NO5/c1-27-19-11-7-6-10-18(19)21(26)23-16-22(14-15-24,13-12-20(25)28-2)17-8-4-3-5-9-17/h3-11,24H,12-16H2,1-2H3,(H,23,26). The molecule has 150 valence electrons. The molecule has 2 N–H and O–H groups in total. The van der Waals surface area contributed by atoms with Gasteiger partial charge in [0.05, 0.1) is 19.8 Å². The number of hydrogen-bond donors (Lipinski definition) is 2. The summed E-state index contributed by atoms with van der Waals surface area (Å²) in [5, 5.41) is 12.7. The fourth-order valence-corrected chi connectivity index (χ4v) is 3.32. The van der Waals surface area contributed by atoms with Gasteiger partial charge in [-0.05, 0) is 30.5 Å². The Morgan fingerprint density at radius 3 is 2.32 bits per heavy atom. The topological polar surface area (TPSA) is 84.9 Å². The molecule has 6 heteroatoms. The van der Waals surface area contributed by atoms with Crippen molar-refractivity contribution in [3.8, 4) is 5.75 Å². The number of esters is 1. The summed E-state index contributed by atoms with van der Waals surface area (Å²) in [5.41, 5.74) is 0.791. The van der Waals surface area contributed by atoms with Crippen molar-refractivity contribution in [1.82, 2.24) is 5.32 Å². The summed E-state index contributed by atoms with van der Waals surface area (Å²) in [6.07, 6.45) is 1.03. The van der Waals surface area contributed by atoms with Crippen molar-refractivity contribution in [2.45, 2.75) is 24.7 Å². The highest BCUT2D eigenvalue weighted by Gasteiger charge is 2.33. The van der Waals surface area contributed by atoms with Crippen LogP contribution in [-0.2, 0) is 14.9 Å². The molecule has 1 unspecified atom stereocenters. The van der Waals surface area contributed by atoms with Crippen molar-refractivity contribution >= 4 is 11.9 Å². The summed E-state index contributed by atoms with van der Waals surface area (Å²) in [5.74, 6) is -0.106. The van der Waals surface area contributed by atoms with E-state index in [0.29, 0.717) is 24.2 Å². The van der Waals surface area contributed by atoms with Gasteiger partial charge >= 0.3 is 5.97 Å². The molecule has 0 saturated carbocycles. The third-order valence-electron chi connectivity index (χ3n) is 4.95. The van der Waals surface area contributed by atoms with Gasteiger partial charge in [-0.2, -0.15) is 0 Å². The van der Waals surface area contributed by atoms with Crippen molar-refractivity contribution < 1.29 is 24.2 Å². The number of hydrogen-bond acceptors (Lipinski definition) is 5. The van der Waals surface area contributed by atoms with Gasteiger partial charge in [-0.15, -0.1) is 0 Å². The second-order valence-corrected chi connectivity index (χ2v) is 6.58. The third kappa shape index (κ3) is 5.33. The number of amides is 1. The van der Waals surface area contributed by atoms with Crippen molar-refractivity contribution in [3.05, 3.63) is 65.7 Å². The van der Waals surface area contributed by atoms with Crippen LogP contribution in [0.1, 0.15) is 35.2 Å². The lowest BCUT2D eigenvalue weighted by Gasteiger charge is -2.34. The molecule has 0 radical (unpaired) electrons. The molecule has 0 fully saturated rings. The van der Waals surface area contributed by atoms with Gasteiger partial charge in [-0.25, -0.2) is 0 Å². The van der Waals surface area contributed by atoms with Crippen LogP contribution < -0.4 is 10.1 Å². The Balaban J connectivity index is 2.27. The molecule has 0 aromatic heterocycles. The molecule has 1 amide bonds. The quantitative estimate of drug-likeness (QED) is 0.614. The zero-order chi connectivity index (χ0) is 20.4. The Labute approximate surface area is 165 Å². The van der Waals surface area contributed by atoms with E-state index in [1.807, 2.05) is 30.3 Å². The number of ether oxygens (including phenoxy) is 2. The first-order chi connectivity index (χ1) is 13.6. The van der Waals surface area contributed by atoms with E-state index in [1.54, 1.807) is 24.3 Å². The molecule has 2 aromatic carbocycles. The fourth-order valence-electron chi connectivity index (χ4n) is 3.32. The molecule has 0 spiro atoms. The maximum absolute atomic E-state index is 12.8.